The third-order valence-electron chi connectivity index (χ3n) is 12.4. The number of allylic oxidation sites excluding steroid dienone is 2. The summed E-state index contributed by atoms with van der Waals surface area (Å²) in [5.74, 6) is 1.16. The Morgan fingerprint density at radius 2 is 1.25 bits per heavy atom. The minimum Gasteiger partial charge on any atom is -0.496 e. The van der Waals surface area contributed by atoms with Crippen molar-refractivity contribution >= 4 is 20.9 Å². The summed E-state index contributed by atoms with van der Waals surface area (Å²) in [5, 5.41) is 0. The van der Waals surface area contributed by atoms with Gasteiger partial charge in [0.2, 0.25) is 0 Å². The van der Waals surface area contributed by atoms with Crippen LogP contribution in [0.2, 0.25) is 13.1 Å². The molecule has 0 amide bonds. The molecule has 272 valence electrons. The van der Waals surface area contributed by atoms with Crippen molar-refractivity contribution in [3.63, 3.8) is 0 Å². The molecule has 2 atom stereocenters. The maximum absolute atomic E-state index is 6.42. The topological polar surface area (TPSA) is 9.23 Å². The molecule has 1 nitrogen and oxygen atoms in total. The fourth-order valence-electron chi connectivity index (χ4n) is 9.70. The molecule has 3 aliphatic carbocycles. The van der Waals surface area contributed by atoms with E-state index in [4.69, 9.17) is 4.74 Å². The second kappa shape index (κ2) is 12.8. The predicted molar refractivity (Wildman–Crippen MR) is 229 cm³/mol. The molecule has 0 spiro atoms. The largest absolute Gasteiger partial charge is 0.496 e. The molecule has 0 saturated carbocycles. The standard InChI is InChI=1S/C50H62OSi/c1-29-24-37-40(28-42(50(9,10)11)46(51-12)44(37)31-18-20-33(21-19-31)48(3,4)5)43(29)39-27-34(49(6,7)8)22-23-36(39)45-35-17-15-16-32(35)26-41-38(45)25-30(2)47(41)52(13)14/h18-28,43,47,52H,15-17H2,1-14H3. The van der Waals surface area contributed by atoms with E-state index < -0.39 is 8.80 Å². The van der Waals surface area contributed by atoms with Crippen LogP contribution >= 0.6 is 0 Å². The number of rotatable bonds is 5. The Labute approximate surface area is 317 Å². The van der Waals surface area contributed by atoms with Crippen LogP contribution in [0, 0.1) is 0 Å². The van der Waals surface area contributed by atoms with E-state index in [1.807, 2.05) is 7.11 Å². The maximum Gasteiger partial charge on any atom is 0.131 e. The molecule has 4 aromatic rings. The van der Waals surface area contributed by atoms with Crippen molar-refractivity contribution in [1.82, 2.24) is 0 Å². The highest BCUT2D eigenvalue weighted by atomic mass is 28.3. The van der Waals surface area contributed by atoms with Crippen LogP contribution in [-0.2, 0) is 29.1 Å². The molecular formula is C50H62OSi. The highest BCUT2D eigenvalue weighted by Crippen LogP contribution is 2.55. The molecule has 0 radical (unpaired) electrons. The number of hydrogen-bond donors (Lipinski definition) is 0. The lowest BCUT2D eigenvalue weighted by molar-refractivity contribution is 0.399. The molecule has 3 aliphatic rings. The lowest BCUT2D eigenvalue weighted by Gasteiger charge is -2.30. The molecule has 7 rings (SSSR count). The average Bonchev–Trinajstić information content (AvgIpc) is 3.75. The number of benzene rings is 4. The molecule has 0 aliphatic heterocycles. The molecule has 2 unspecified atom stereocenters. The highest BCUT2D eigenvalue weighted by Gasteiger charge is 2.37. The van der Waals surface area contributed by atoms with Gasteiger partial charge < -0.3 is 4.74 Å². The normalized spacial score (nSPS) is 18.4. The van der Waals surface area contributed by atoms with Crippen molar-refractivity contribution in [3.05, 3.63) is 121 Å². The van der Waals surface area contributed by atoms with Crippen LogP contribution in [0.4, 0.5) is 0 Å². The molecule has 0 saturated heterocycles. The van der Waals surface area contributed by atoms with Gasteiger partial charge in [-0.2, -0.15) is 0 Å². The van der Waals surface area contributed by atoms with Crippen LogP contribution < -0.4 is 4.74 Å². The predicted octanol–water partition coefficient (Wildman–Crippen LogP) is 13.5. The Balaban J connectivity index is 1.54. The van der Waals surface area contributed by atoms with Gasteiger partial charge in [0.05, 0.1) is 7.11 Å². The van der Waals surface area contributed by atoms with E-state index >= 15 is 0 Å². The summed E-state index contributed by atoms with van der Waals surface area (Å²) in [6, 6.07) is 22.0. The minimum absolute atomic E-state index is 0.0359. The van der Waals surface area contributed by atoms with Crippen LogP contribution in [0.5, 0.6) is 5.75 Å². The van der Waals surface area contributed by atoms with Crippen LogP contribution in [0.3, 0.4) is 0 Å². The van der Waals surface area contributed by atoms with Crippen molar-refractivity contribution in [2.75, 3.05) is 7.11 Å². The molecule has 0 fully saturated rings. The van der Waals surface area contributed by atoms with Crippen LogP contribution in [0.1, 0.15) is 150 Å². The fourth-order valence-corrected chi connectivity index (χ4v) is 11.8. The van der Waals surface area contributed by atoms with E-state index in [1.54, 1.807) is 22.3 Å². The Morgan fingerprint density at radius 1 is 0.635 bits per heavy atom. The summed E-state index contributed by atoms with van der Waals surface area (Å²) in [5.41, 5.74) is 23.6. The first-order valence-corrected chi connectivity index (χ1v) is 22.8. The molecule has 4 aromatic carbocycles. The smallest absolute Gasteiger partial charge is 0.131 e. The van der Waals surface area contributed by atoms with Gasteiger partial charge in [-0.3, -0.25) is 0 Å². The minimum atomic E-state index is -0.948. The average molecular weight is 707 g/mol. The van der Waals surface area contributed by atoms with Gasteiger partial charge in [-0.15, -0.1) is 0 Å². The summed E-state index contributed by atoms with van der Waals surface area (Å²) < 4.78 is 6.42. The molecular weight excluding hydrogens is 645 g/mol. The first-order valence-electron chi connectivity index (χ1n) is 19.9. The second-order valence-electron chi connectivity index (χ2n) is 19.6. The number of aryl methyl sites for hydroxylation is 1. The van der Waals surface area contributed by atoms with Gasteiger partial charge in [-0.25, -0.2) is 0 Å². The Morgan fingerprint density at radius 3 is 1.85 bits per heavy atom. The van der Waals surface area contributed by atoms with E-state index in [0.717, 1.165) is 5.75 Å². The van der Waals surface area contributed by atoms with E-state index in [-0.39, 0.29) is 22.2 Å². The molecule has 52 heavy (non-hydrogen) atoms. The second-order valence-corrected chi connectivity index (χ2v) is 22.8. The summed E-state index contributed by atoms with van der Waals surface area (Å²) >= 11 is 0. The third kappa shape index (κ3) is 6.07. The van der Waals surface area contributed by atoms with Crippen LogP contribution in [0.25, 0.3) is 34.4 Å². The Hall–Kier alpha value is -3.62. The van der Waals surface area contributed by atoms with Gasteiger partial charge in [0.25, 0.3) is 0 Å². The monoisotopic (exact) mass is 706 g/mol. The van der Waals surface area contributed by atoms with E-state index in [1.165, 1.54) is 86.0 Å². The highest BCUT2D eigenvalue weighted by molar-refractivity contribution is 6.58. The number of hydrogen-bond acceptors (Lipinski definition) is 1. The number of fused-ring (bicyclic) bond motifs is 3. The maximum atomic E-state index is 6.42. The van der Waals surface area contributed by atoms with Gasteiger partial charge in [-0.05, 0) is 128 Å². The van der Waals surface area contributed by atoms with Gasteiger partial charge in [0.1, 0.15) is 5.75 Å². The van der Waals surface area contributed by atoms with Crippen molar-refractivity contribution in [3.8, 4) is 28.0 Å². The van der Waals surface area contributed by atoms with E-state index in [0.29, 0.717) is 5.54 Å². The van der Waals surface area contributed by atoms with Gasteiger partial charge >= 0.3 is 0 Å². The first-order chi connectivity index (χ1) is 24.3. The zero-order valence-electron chi connectivity index (χ0n) is 34.6. The van der Waals surface area contributed by atoms with Crippen molar-refractivity contribution in [2.45, 2.75) is 136 Å². The quantitative estimate of drug-likeness (QED) is 0.188. The zero-order chi connectivity index (χ0) is 37.7. The summed E-state index contributed by atoms with van der Waals surface area (Å²) in [6.45, 7) is 30.8. The lowest BCUT2D eigenvalue weighted by Crippen LogP contribution is -2.17. The third-order valence-corrected chi connectivity index (χ3v) is 14.6. The molecule has 0 bridgehead atoms. The number of methoxy groups -OCH3 is 1. The SMILES string of the molecule is COc1c(C(C)(C)C)cc2c(c1-c1ccc(C(C)(C)C)cc1)C=C(C)C2c1cc(C(C)(C)C)ccc1-c1c2c(cc3c1CCC3)C([SiH](C)C)C(C)=C2. The zero-order valence-corrected chi connectivity index (χ0v) is 35.8. The van der Waals surface area contributed by atoms with Crippen LogP contribution in [-0.4, -0.2) is 15.9 Å². The van der Waals surface area contributed by atoms with Crippen molar-refractivity contribution < 1.29 is 4.74 Å². The Bertz CT molecular complexity index is 2130. The van der Waals surface area contributed by atoms with Gasteiger partial charge in [0, 0.05) is 25.8 Å². The van der Waals surface area contributed by atoms with E-state index in [9.17, 15) is 0 Å². The van der Waals surface area contributed by atoms with Gasteiger partial charge in [-0.1, -0.05) is 147 Å². The molecule has 0 N–H and O–H groups in total. The molecule has 0 aromatic heterocycles. The van der Waals surface area contributed by atoms with Gasteiger partial charge in [0.15, 0.2) is 0 Å². The lowest BCUT2D eigenvalue weighted by atomic mass is 9.75. The summed E-state index contributed by atoms with van der Waals surface area (Å²) in [7, 11) is 0.911. The van der Waals surface area contributed by atoms with Crippen molar-refractivity contribution in [2.24, 2.45) is 0 Å². The van der Waals surface area contributed by atoms with Crippen LogP contribution in [0.15, 0.2) is 65.7 Å². The fraction of sp³-hybridized carbons (Fsp3) is 0.440. The Kier molecular flexibility index (Phi) is 9.01. The number of ether oxygens (including phenoxy) is 1. The first kappa shape index (κ1) is 36.7. The molecule has 0 heterocycles. The summed E-state index contributed by atoms with van der Waals surface area (Å²) in [6.07, 6.45) is 8.69. The summed E-state index contributed by atoms with van der Waals surface area (Å²) in [4.78, 5) is 0. The van der Waals surface area contributed by atoms with Crippen molar-refractivity contribution in [1.29, 1.82) is 0 Å². The van der Waals surface area contributed by atoms with E-state index in [2.05, 4.69) is 156 Å². The molecule has 2 heteroatoms.